The highest BCUT2D eigenvalue weighted by molar-refractivity contribution is 7.25. The molecule has 0 atom stereocenters. The van der Waals surface area contributed by atoms with Gasteiger partial charge in [-0.05, 0) is 88.0 Å². The zero-order valence-corrected chi connectivity index (χ0v) is 30.9. The van der Waals surface area contributed by atoms with Gasteiger partial charge >= 0.3 is 0 Å². The molecule has 0 amide bonds. The fourth-order valence-electron chi connectivity index (χ4n) is 7.79. The minimum atomic E-state index is 0.609. The fraction of sp³-hybridized carbons (Fsp3) is 0. The predicted octanol–water partition coefficient (Wildman–Crippen LogP) is 14.1. The van der Waals surface area contributed by atoms with Crippen LogP contribution in [-0.2, 0) is 0 Å². The third-order valence-corrected chi connectivity index (χ3v) is 11.7. The van der Waals surface area contributed by atoms with Crippen molar-refractivity contribution in [2.24, 2.45) is 0 Å². The van der Waals surface area contributed by atoms with E-state index in [-0.39, 0.29) is 0 Å². The number of fused-ring (bicyclic) bond motifs is 6. The second-order valence-corrected chi connectivity index (χ2v) is 15.1. The highest BCUT2D eigenvalue weighted by atomic mass is 32.1. The molecule has 5 heteroatoms. The summed E-state index contributed by atoms with van der Waals surface area (Å²) < 4.78 is 8.71. The molecule has 0 fully saturated rings. The van der Waals surface area contributed by atoms with Gasteiger partial charge in [0, 0.05) is 47.6 Å². The van der Waals surface area contributed by atoms with Gasteiger partial charge in [-0.2, -0.15) is 0 Å². The van der Waals surface area contributed by atoms with E-state index in [0.29, 0.717) is 17.5 Å². The number of rotatable bonds is 6. The Hall–Kier alpha value is -7.21. The van der Waals surface area contributed by atoms with Crippen LogP contribution in [0.2, 0.25) is 0 Å². The standard InChI is InChI=1S/C51H31N3OS/c1-3-12-32(13-4-1)34-16-9-17-35(28-34)36-18-10-19-37(29-36)38-24-26-46-42(30-38)43-31-39(25-27-47(43)56-46)50-52-49(33-14-5-2-6-15-33)53-51(54-50)41-21-11-23-45-48(41)40-20-7-8-22-44(40)55-45/h1-31H. The van der Waals surface area contributed by atoms with E-state index >= 15 is 0 Å². The summed E-state index contributed by atoms with van der Waals surface area (Å²) in [6, 6.07) is 65.9. The molecule has 0 spiro atoms. The molecule has 0 saturated heterocycles. The molecule has 3 heterocycles. The SMILES string of the molecule is c1ccc(-c2cccc(-c3cccc(-c4ccc5sc6ccc(-c7nc(-c8ccccc8)nc(-c8cccc9oc%10ccccc%10c89)n7)cc6c5c4)c3)c2)cc1. The lowest BCUT2D eigenvalue weighted by molar-refractivity contribution is 0.669. The Labute approximate surface area is 327 Å². The first-order valence-electron chi connectivity index (χ1n) is 18.7. The van der Waals surface area contributed by atoms with Crippen LogP contribution in [0.3, 0.4) is 0 Å². The van der Waals surface area contributed by atoms with Crippen LogP contribution in [0, 0.1) is 0 Å². The first-order valence-corrected chi connectivity index (χ1v) is 19.5. The van der Waals surface area contributed by atoms with Crippen molar-refractivity contribution in [2.75, 3.05) is 0 Å². The van der Waals surface area contributed by atoms with E-state index in [1.807, 2.05) is 72.0 Å². The molecule has 0 N–H and O–H groups in total. The molecule has 0 saturated carbocycles. The number of aromatic nitrogens is 3. The Morgan fingerprint density at radius 3 is 1.50 bits per heavy atom. The summed E-state index contributed by atoms with van der Waals surface area (Å²) in [5, 5.41) is 4.43. The van der Waals surface area contributed by atoms with Crippen molar-refractivity contribution in [3.8, 4) is 67.5 Å². The first kappa shape index (κ1) is 32.2. The average Bonchev–Trinajstić information content (AvgIpc) is 3.85. The summed E-state index contributed by atoms with van der Waals surface area (Å²) in [6.07, 6.45) is 0. The lowest BCUT2D eigenvalue weighted by Crippen LogP contribution is -2.00. The quantitative estimate of drug-likeness (QED) is 0.171. The molecule has 0 aliphatic heterocycles. The fourth-order valence-corrected chi connectivity index (χ4v) is 8.85. The molecule has 0 aliphatic rings. The summed E-state index contributed by atoms with van der Waals surface area (Å²) in [5.41, 5.74) is 11.6. The van der Waals surface area contributed by atoms with Crippen molar-refractivity contribution in [3.63, 3.8) is 0 Å². The number of thiophene rings is 1. The summed E-state index contributed by atoms with van der Waals surface area (Å²) in [4.78, 5) is 15.3. The summed E-state index contributed by atoms with van der Waals surface area (Å²) in [7, 11) is 0. The average molecular weight is 734 g/mol. The molecule has 0 bridgehead atoms. The van der Waals surface area contributed by atoms with E-state index in [9.17, 15) is 0 Å². The van der Waals surface area contributed by atoms with Gasteiger partial charge in [0.2, 0.25) is 0 Å². The third kappa shape index (κ3) is 5.65. The Bertz CT molecular complexity index is 3260. The van der Waals surface area contributed by atoms with E-state index in [1.165, 1.54) is 53.6 Å². The molecule has 11 aromatic rings. The van der Waals surface area contributed by atoms with Crippen LogP contribution in [0.5, 0.6) is 0 Å². The van der Waals surface area contributed by atoms with Gasteiger partial charge in [-0.15, -0.1) is 11.3 Å². The van der Waals surface area contributed by atoms with Gasteiger partial charge in [0.1, 0.15) is 11.2 Å². The van der Waals surface area contributed by atoms with Crippen molar-refractivity contribution in [3.05, 3.63) is 188 Å². The van der Waals surface area contributed by atoms with Crippen LogP contribution in [0.4, 0.5) is 0 Å². The Balaban J connectivity index is 1.02. The predicted molar refractivity (Wildman–Crippen MR) is 233 cm³/mol. The van der Waals surface area contributed by atoms with Crippen LogP contribution >= 0.6 is 11.3 Å². The van der Waals surface area contributed by atoms with Crippen LogP contribution < -0.4 is 0 Å². The van der Waals surface area contributed by atoms with Crippen LogP contribution in [0.15, 0.2) is 192 Å². The van der Waals surface area contributed by atoms with Gasteiger partial charge < -0.3 is 4.42 Å². The monoisotopic (exact) mass is 733 g/mol. The minimum absolute atomic E-state index is 0.609. The molecule has 0 unspecified atom stereocenters. The van der Waals surface area contributed by atoms with Crippen molar-refractivity contribution >= 4 is 53.4 Å². The molecule has 262 valence electrons. The minimum Gasteiger partial charge on any atom is -0.456 e. The molecular weight excluding hydrogens is 703 g/mol. The highest BCUT2D eigenvalue weighted by Gasteiger charge is 2.18. The highest BCUT2D eigenvalue weighted by Crippen LogP contribution is 2.40. The second kappa shape index (κ2) is 13.3. The number of hydrogen-bond acceptors (Lipinski definition) is 5. The van der Waals surface area contributed by atoms with Gasteiger partial charge in [-0.1, -0.05) is 133 Å². The maximum atomic E-state index is 6.25. The molecule has 8 aromatic carbocycles. The molecule has 56 heavy (non-hydrogen) atoms. The topological polar surface area (TPSA) is 51.8 Å². The summed E-state index contributed by atoms with van der Waals surface area (Å²) in [5.74, 6) is 1.86. The van der Waals surface area contributed by atoms with Crippen LogP contribution in [0.25, 0.3) is 110 Å². The van der Waals surface area contributed by atoms with Gasteiger partial charge in [-0.3, -0.25) is 0 Å². The summed E-state index contributed by atoms with van der Waals surface area (Å²) in [6.45, 7) is 0. The number of hydrogen-bond donors (Lipinski definition) is 0. The molecule has 4 nitrogen and oxygen atoms in total. The molecular formula is C51H31N3OS. The number of para-hydroxylation sites is 1. The largest absolute Gasteiger partial charge is 0.456 e. The van der Waals surface area contributed by atoms with Crippen LogP contribution in [0.1, 0.15) is 0 Å². The van der Waals surface area contributed by atoms with Crippen LogP contribution in [-0.4, -0.2) is 15.0 Å². The zero-order valence-electron chi connectivity index (χ0n) is 30.1. The normalized spacial score (nSPS) is 11.6. The molecule has 3 aromatic heterocycles. The van der Waals surface area contributed by atoms with E-state index in [2.05, 4.69) is 127 Å². The van der Waals surface area contributed by atoms with Gasteiger partial charge in [0.15, 0.2) is 17.5 Å². The maximum Gasteiger partial charge on any atom is 0.164 e. The molecule has 11 rings (SSSR count). The van der Waals surface area contributed by atoms with Gasteiger partial charge in [0.05, 0.1) is 0 Å². The second-order valence-electron chi connectivity index (χ2n) is 14.0. The maximum absolute atomic E-state index is 6.25. The number of benzene rings is 8. The molecule has 0 radical (unpaired) electrons. The number of furan rings is 1. The Morgan fingerprint density at radius 2 is 0.804 bits per heavy atom. The smallest absolute Gasteiger partial charge is 0.164 e. The van der Waals surface area contributed by atoms with Crippen molar-refractivity contribution in [2.45, 2.75) is 0 Å². The van der Waals surface area contributed by atoms with Crippen molar-refractivity contribution in [1.29, 1.82) is 0 Å². The lowest BCUT2D eigenvalue weighted by Gasteiger charge is -2.10. The Kier molecular flexibility index (Phi) is 7.64. The van der Waals surface area contributed by atoms with Gasteiger partial charge in [-0.25, -0.2) is 15.0 Å². The van der Waals surface area contributed by atoms with Crippen molar-refractivity contribution < 1.29 is 4.42 Å². The first-order chi connectivity index (χ1) is 27.7. The number of nitrogens with zero attached hydrogens (tertiary/aromatic N) is 3. The lowest BCUT2D eigenvalue weighted by atomic mass is 9.95. The Morgan fingerprint density at radius 1 is 0.321 bits per heavy atom. The van der Waals surface area contributed by atoms with E-state index in [0.717, 1.165) is 38.6 Å². The molecule has 0 aliphatic carbocycles. The zero-order chi connectivity index (χ0) is 37.0. The third-order valence-electron chi connectivity index (χ3n) is 10.5. The summed E-state index contributed by atoms with van der Waals surface area (Å²) >= 11 is 1.81. The van der Waals surface area contributed by atoms with E-state index in [4.69, 9.17) is 19.4 Å². The van der Waals surface area contributed by atoms with Gasteiger partial charge in [0.25, 0.3) is 0 Å². The van der Waals surface area contributed by atoms with E-state index in [1.54, 1.807) is 0 Å². The van der Waals surface area contributed by atoms with Crippen molar-refractivity contribution in [1.82, 2.24) is 15.0 Å². The van der Waals surface area contributed by atoms with E-state index < -0.39 is 0 Å².